The monoisotopic (exact) mass is 436 g/mol. The summed E-state index contributed by atoms with van der Waals surface area (Å²) in [6.45, 7) is 1.71. The van der Waals surface area contributed by atoms with Crippen LogP contribution < -0.4 is 10.2 Å². The zero-order valence-corrected chi connectivity index (χ0v) is 16.0. The van der Waals surface area contributed by atoms with Gasteiger partial charge < -0.3 is 15.0 Å². The van der Waals surface area contributed by atoms with Crippen LogP contribution >= 0.6 is 0 Å². The molecule has 0 saturated heterocycles. The van der Waals surface area contributed by atoms with Crippen LogP contribution in [0.25, 0.3) is 6.08 Å². The van der Waals surface area contributed by atoms with E-state index in [0.717, 1.165) is 6.92 Å². The smallest absolute Gasteiger partial charge is 0.418 e. The minimum atomic E-state index is -4.94. The average molecular weight is 436 g/mol. The van der Waals surface area contributed by atoms with Gasteiger partial charge >= 0.3 is 18.3 Å². The molecule has 0 fully saturated rings. The van der Waals surface area contributed by atoms with Crippen molar-refractivity contribution in [3.63, 3.8) is 0 Å². The Morgan fingerprint density at radius 1 is 1.27 bits per heavy atom. The van der Waals surface area contributed by atoms with Crippen LogP contribution in [0.5, 0.6) is 0 Å². The molecule has 164 valence electrons. The number of carbonyl (C=O) groups excluding carboxylic acids is 2. The largest absolute Gasteiger partial charge is 0.461 e. The highest BCUT2D eigenvalue weighted by Gasteiger charge is 2.45. The van der Waals surface area contributed by atoms with Crippen molar-refractivity contribution in [2.45, 2.75) is 51.7 Å². The maximum absolute atomic E-state index is 14.0. The summed E-state index contributed by atoms with van der Waals surface area (Å²) in [4.78, 5) is 24.4. The van der Waals surface area contributed by atoms with E-state index >= 15 is 0 Å². The fourth-order valence-electron chi connectivity index (χ4n) is 3.95. The molecule has 1 unspecified atom stereocenters. The highest BCUT2D eigenvalue weighted by Crippen LogP contribution is 2.50. The van der Waals surface area contributed by atoms with Gasteiger partial charge in [0.15, 0.2) is 0 Å². The normalized spacial score (nSPS) is 18.2. The Morgan fingerprint density at radius 3 is 2.47 bits per heavy atom. The Hall–Kier alpha value is -2.72. The summed E-state index contributed by atoms with van der Waals surface area (Å²) in [6.07, 6.45) is -8.50. The van der Waals surface area contributed by atoms with Gasteiger partial charge in [0, 0.05) is 24.6 Å². The van der Waals surface area contributed by atoms with Crippen molar-refractivity contribution in [1.82, 2.24) is 0 Å². The summed E-state index contributed by atoms with van der Waals surface area (Å²) >= 11 is 0. The van der Waals surface area contributed by atoms with E-state index in [-0.39, 0.29) is 29.8 Å². The first-order chi connectivity index (χ1) is 13.8. The molecule has 0 aromatic heterocycles. The molecule has 2 aliphatic rings. The molecule has 0 spiro atoms. The first-order valence-corrected chi connectivity index (χ1v) is 9.07. The Kier molecular flexibility index (Phi) is 5.50. The van der Waals surface area contributed by atoms with Crippen LogP contribution in [0.3, 0.4) is 0 Å². The molecule has 0 bridgehead atoms. The number of alkyl halides is 6. The highest BCUT2D eigenvalue weighted by molar-refractivity contribution is 6.04. The number of rotatable bonds is 4. The number of esters is 1. The zero-order valence-electron chi connectivity index (χ0n) is 16.0. The first kappa shape index (κ1) is 22.0. The van der Waals surface area contributed by atoms with Gasteiger partial charge in [0.1, 0.15) is 6.61 Å². The number of hydrogen-bond donors (Lipinski definition) is 1. The van der Waals surface area contributed by atoms with E-state index < -0.39 is 60.1 Å². The number of carbonyl (C=O) groups is 2. The molecule has 1 atom stereocenters. The van der Waals surface area contributed by atoms with Gasteiger partial charge in [0.05, 0.1) is 35.8 Å². The second-order valence-electron chi connectivity index (χ2n) is 7.00. The number of hydrogen-bond acceptors (Lipinski definition) is 4. The van der Waals surface area contributed by atoms with E-state index in [9.17, 15) is 35.9 Å². The molecule has 1 aromatic carbocycles. The summed E-state index contributed by atoms with van der Waals surface area (Å²) in [5.74, 6) is -1.50. The van der Waals surface area contributed by atoms with Gasteiger partial charge in [-0.3, -0.25) is 9.59 Å². The predicted octanol–water partition coefficient (Wildman–Crippen LogP) is 4.44. The number of halogens is 6. The van der Waals surface area contributed by atoms with Crippen molar-refractivity contribution in [2.75, 3.05) is 16.8 Å². The van der Waals surface area contributed by atoms with Crippen LogP contribution in [-0.4, -0.2) is 30.6 Å². The number of nitrogens with zero attached hydrogens (tertiary/aromatic N) is 1. The summed E-state index contributed by atoms with van der Waals surface area (Å²) < 4.78 is 86.0. The van der Waals surface area contributed by atoms with Crippen molar-refractivity contribution in [3.8, 4) is 0 Å². The first-order valence-electron chi connectivity index (χ1n) is 9.07. The number of anilines is 2. The molecular weight excluding hydrogens is 418 g/mol. The Bertz CT molecular complexity index is 921. The molecule has 2 aliphatic heterocycles. The third-order valence-corrected chi connectivity index (χ3v) is 4.98. The minimum Gasteiger partial charge on any atom is -0.461 e. The van der Waals surface area contributed by atoms with Gasteiger partial charge in [-0.25, -0.2) is 0 Å². The molecule has 5 nitrogen and oxygen atoms in total. The SMILES string of the molecule is CCN1c2c(c3c(c(C(F)(F)F)c2COC(C)=O)NC(=O)C3)C=CC1CC(F)(F)F. The summed E-state index contributed by atoms with van der Waals surface area (Å²) in [5.41, 5.74) is -1.94. The number of likely N-dealkylation sites (N-methyl/N-ethyl adjacent to an activating group) is 1. The van der Waals surface area contributed by atoms with Crippen molar-refractivity contribution in [3.05, 3.63) is 28.3 Å². The van der Waals surface area contributed by atoms with Gasteiger partial charge in [-0.2, -0.15) is 26.3 Å². The maximum Gasteiger partial charge on any atom is 0.418 e. The van der Waals surface area contributed by atoms with E-state index in [4.69, 9.17) is 4.74 Å². The molecule has 1 aromatic rings. The second kappa shape index (κ2) is 7.51. The van der Waals surface area contributed by atoms with Crippen molar-refractivity contribution in [1.29, 1.82) is 0 Å². The fourth-order valence-corrected chi connectivity index (χ4v) is 3.95. The van der Waals surface area contributed by atoms with Crippen LogP contribution in [0, 0.1) is 0 Å². The lowest BCUT2D eigenvalue weighted by molar-refractivity contribution is -0.145. The maximum atomic E-state index is 14.0. The van der Waals surface area contributed by atoms with Crippen LogP contribution in [0.2, 0.25) is 0 Å². The lowest BCUT2D eigenvalue weighted by Crippen LogP contribution is -2.40. The standard InChI is InChI=1S/C19H18F6N2O3/c1-3-27-10(7-18(20,21)22)4-5-11-12-6-14(29)26-16(12)15(19(23,24)25)13(17(11)27)8-30-9(2)28/h4-5,10H,3,6-8H2,1-2H3,(H,26,29). The van der Waals surface area contributed by atoms with E-state index in [1.165, 1.54) is 24.0 Å². The lowest BCUT2D eigenvalue weighted by atomic mass is 9.88. The fraction of sp³-hybridized carbons (Fsp3) is 0.474. The molecule has 0 saturated carbocycles. The van der Waals surface area contributed by atoms with Crippen LogP contribution in [-0.2, 0) is 33.5 Å². The minimum absolute atomic E-state index is 0.0252. The molecular formula is C19H18F6N2O3. The molecule has 11 heteroatoms. The van der Waals surface area contributed by atoms with Gasteiger partial charge in [-0.05, 0) is 12.5 Å². The quantitative estimate of drug-likeness (QED) is 0.560. The van der Waals surface area contributed by atoms with Crippen molar-refractivity contribution >= 4 is 29.3 Å². The number of nitrogens with one attached hydrogen (secondary N) is 1. The Labute approximate surface area is 167 Å². The lowest BCUT2D eigenvalue weighted by Gasteiger charge is -2.38. The molecule has 3 rings (SSSR count). The third-order valence-electron chi connectivity index (χ3n) is 4.98. The number of fused-ring (bicyclic) bond motifs is 3. The van der Waals surface area contributed by atoms with Crippen molar-refractivity contribution in [2.24, 2.45) is 0 Å². The van der Waals surface area contributed by atoms with Crippen molar-refractivity contribution < 1.29 is 40.7 Å². The van der Waals surface area contributed by atoms with Crippen LogP contribution in [0.15, 0.2) is 6.08 Å². The number of amides is 1. The third kappa shape index (κ3) is 4.10. The molecule has 0 radical (unpaired) electrons. The number of benzene rings is 1. The van der Waals surface area contributed by atoms with Gasteiger partial charge in [-0.1, -0.05) is 12.2 Å². The Balaban J connectivity index is 2.30. The summed E-state index contributed by atoms with van der Waals surface area (Å²) in [7, 11) is 0. The molecule has 1 N–H and O–H groups in total. The van der Waals surface area contributed by atoms with E-state index in [1.54, 1.807) is 0 Å². The van der Waals surface area contributed by atoms with Crippen LogP contribution in [0.4, 0.5) is 37.7 Å². The summed E-state index contributed by atoms with van der Waals surface area (Å²) in [5, 5.41) is 2.20. The van der Waals surface area contributed by atoms with E-state index in [0.29, 0.717) is 0 Å². The molecule has 2 heterocycles. The van der Waals surface area contributed by atoms with Gasteiger partial charge in [0.2, 0.25) is 5.91 Å². The molecule has 30 heavy (non-hydrogen) atoms. The van der Waals surface area contributed by atoms with E-state index in [1.807, 2.05) is 0 Å². The second-order valence-corrected chi connectivity index (χ2v) is 7.00. The van der Waals surface area contributed by atoms with Gasteiger partial charge in [-0.15, -0.1) is 0 Å². The topological polar surface area (TPSA) is 58.6 Å². The van der Waals surface area contributed by atoms with E-state index in [2.05, 4.69) is 5.32 Å². The highest BCUT2D eigenvalue weighted by atomic mass is 19.4. The van der Waals surface area contributed by atoms with Crippen LogP contribution in [0.1, 0.15) is 42.5 Å². The zero-order chi connectivity index (χ0) is 22.4. The predicted molar refractivity (Wildman–Crippen MR) is 95.8 cm³/mol. The molecule has 0 aliphatic carbocycles. The van der Waals surface area contributed by atoms with Gasteiger partial charge in [0.25, 0.3) is 0 Å². The Morgan fingerprint density at radius 2 is 1.93 bits per heavy atom. The molecule has 1 amide bonds. The summed E-state index contributed by atoms with van der Waals surface area (Å²) in [6, 6.07) is -1.23. The average Bonchev–Trinajstić information content (AvgIpc) is 2.97. The number of ether oxygens (including phenoxy) is 1.